The van der Waals surface area contributed by atoms with Gasteiger partial charge in [0.2, 0.25) is 5.91 Å². The van der Waals surface area contributed by atoms with Crippen LogP contribution in [-0.2, 0) is 4.79 Å². The summed E-state index contributed by atoms with van der Waals surface area (Å²) in [5, 5.41) is 2.78. The van der Waals surface area contributed by atoms with Crippen LogP contribution in [0.15, 0.2) is 28.7 Å². The average Bonchev–Trinajstić information content (AvgIpc) is 2.32. The second-order valence-electron chi connectivity index (χ2n) is 4.78. The van der Waals surface area contributed by atoms with Crippen molar-refractivity contribution in [1.82, 2.24) is 10.2 Å². The van der Waals surface area contributed by atoms with E-state index < -0.39 is 5.54 Å². The molecule has 5 heteroatoms. The molecular formula is C13H15BrN2O2. The summed E-state index contributed by atoms with van der Waals surface area (Å²) in [6.45, 7) is 4.56. The first-order valence-corrected chi connectivity index (χ1v) is 6.58. The van der Waals surface area contributed by atoms with Gasteiger partial charge in [-0.1, -0.05) is 22.0 Å². The molecule has 0 aromatic heterocycles. The van der Waals surface area contributed by atoms with Crippen molar-refractivity contribution < 1.29 is 9.59 Å². The molecule has 1 fully saturated rings. The molecule has 1 aliphatic rings. The molecule has 0 saturated carbocycles. The summed E-state index contributed by atoms with van der Waals surface area (Å²) in [4.78, 5) is 25.9. The highest BCUT2D eigenvalue weighted by Gasteiger charge is 2.40. The first-order valence-electron chi connectivity index (χ1n) is 5.79. The van der Waals surface area contributed by atoms with E-state index in [9.17, 15) is 9.59 Å². The Bertz CT molecular complexity index is 500. The number of rotatable bonds is 1. The zero-order valence-corrected chi connectivity index (χ0v) is 12.0. The molecule has 2 rings (SSSR count). The fraction of sp³-hybridized carbons (Fsp3) is 0.385. The molecule has 1 aromatic rings. The Morgan fingerprint density at radius 2 is 2.17 bits per heavy atom. The highest BCUT2D eigenvalue weighted by Crippen LogP contribution is 2.22. The topological polar surface area (TPSA) is 49.4 Å². The maximum absolute atomic E-state index is 12.4. The molecule has 1 heterocycles. The SMILES string of the molecule is CC1(C)C(=O)NCCN1C(=O)c1cccc(Br)c1. The normalized spacial score (nSPS) is 18.4. The van der Waals surface area contributed by atoms with Crippen molar-refractivity contribution in [2.24, 2.45) is 0 Å². The van der Waals surface area contributed by atoms with Crippen LogP contribution in [0.2, 0.25) is 0 Å². The number of piperazine rings is 1. The number of nitrogens with one attached hydrogen (secondary N) is 1. The van der Waals surface area contributed by atoms with Gasteiger partial charge in [0.1, 0.15) is 5.54 Å². The van der Waals surface area contributed by atoms with Gasteiger partial charge in [-0.25, -0.2) is 0 Å². The van der Waals surface area contributed by atoms with Gasteiger partial charge in [-0.3, -0.25) is 9.59 Å². The van der Waals surface area contributed by atoms with E-state index in [0.717, 1.165) is 4.47 Å². The quantitative estimate of drug-likeness (QED) is 0.860. The first-order chi connectivity index (χ1) is 8.43. The maximum Gasteiger partial charge on any atom is 0.254 e. The number of benzene rings is 1. The fourth-order valence-electron chi connectivity index (χ4n) is 2.03. The summed E-state index contributed by atoms with van der Waals surface area (Å²) in [5.74, 6) is -0.228. The Labute approximate surface area is 114 Å². The summed E-state index contributed by atoms with van der Waals surface area (Å²) in [5.41, 5.74) is -0.218. The molecule has 18 heavy (non-hydrogen) atoms. The molecule has 0 spiro atoms. The Balaban J connectivity index is 2.31. The van der Waals surface area contributed by atoms with Crippen molar-refractivity contribution in [3.8, 4) is 0 Å². The minimum absolute atomic E-state index is 0.114. The van der Waals surface area contributed by atoms with E-state index in [1.807, 2.05) is 12.1 Å². The van der Waals surface area contributed by atoms with E-state index in [4.69, 9.17) is 0 Å². The molecular weight excluding hydrogens is 296 g/mol. The van der Waals surface area contributed by atoms with Gasteiger partial charge in [-0.05, 0) is 32.0 Å². The highest BCUT2D eigenvalue weighted by molar-refractivity contribution is 9.10. The lowest BCUT2D eigenvalue weighted by molar-refractivity contribution is -0.133. The van der Waals surface area contributed by atoms with Gasteiger partial charge in [0, 0.05) is 23.1 Å². The third-order valence-corrected chi connectivity index (χ3v) is 3.66. The number of halogens is 1. The number of hydrogen-bond donors (Lipinski definition) is 1. The largest absolute Gasteiger partial charge is 0.352 e. The minimum atomic E-state index is -0.808. The van der Waals surface area contributed by atoms with E-state index in [-0.39, 0.29) is 11.8 Å². The smallest absolute Gasteiger partial charge is 0.254 e. The van der Waals surface area contributed by atoms with Crippen molar-refractivity contribution in [2.45, 2.75) is 19.4 Å². The van der Waals surface area contributed by atoms with Crippen LogP contribution in [0.4, 0.5) is 0 Å². The van der Waals surface area contributed by atoms with Crippen molar-refractivity contribution in [2.75, 3.05) is 13.1 Å². The third kappa shape index (κ3) is 2.27. The third-order valence-electron chi connectivity index (χ3n) is 3.17. The molecule has 0 unspecified atom stereocenters. The fourth-order valence-corrected chi connectivity index (χ4v) is 2.43. The zero-order valence-electron chi connectivity index (χ0n) is 10.4. The lowest BCUT2D eigenvalue weighted by atomic mass is 9.97. The Kier molecular flexibility index (Phi) is 3.43. The summed E-state index contributed by atoms with van der Waals surface area (Å²) < 4.78 is 0.854. The van der Waals surface area contributed by atoms with E-state index in [0.29, 0.717) is 18.7 Å². The van der Waals surface area contributed by atoms with Crippen LogP contribution in [0.1, 0.15) is 24.2 Å². The monoisotopic (exact) mass is 310 g/mol. The summed E-state index contributed by atoms with van der Waals surface area (Å²) in [6.07, 6.45) is 0. The van der Waals surface area contributed by atoms with Crippen LogP contribution in [-0.4, -0.2) is 35.3 Å². The van der Waals surface area contributed by atoms with Gasteiger partial charge in [0.25, 0.3) is 5.91 Å². The van der Waals surface area contributed by atoms with E-state index in [1.54, 1.807) is 30.9 Å². The minimum Gasteiger partial charge on any atom is -0.352 e. The Hall–Kier alpha value is -1.36. The average molecular weight is 311 g/mol. The molecule has 96 valence electrons. The van der Waals surface area contributed by atoms with Crippen LogP contribution in [0.3, 0.4) is 0 Å². The predicted octanol–water partition coefficient (Wildman–Crippen LogP) is 1.80. The van der Waals surface area contributed by atoms with Crippen molar-refractivity contribution in [1.29, 1.82) is 0 Å². The molecule has 1 aromatic carbocycles. The maximum atomic E-state index is 12.4. The van der Waals surface area contributed by atoms with Crippen LogP contribution in [0.5, 0.6) is 0 Å². The highest BCUT2D eigenvalue weighted by atomic mass is 79.9. The molecule has 0 radical (unpaired) electrons. The summed E-state index contributed by atoms with van der Waals surface area (Å²) in [6, 6.07) is 7.21. The number of hydrogen-bond acceptors (Lipinski definition) is 2. The molecule has 1 N–H and O–H groups in total. The van der Waals surface area contributed by atoms with Gasteiger partial charge in [0.15, 0.2) is 0 Å². The van der Waals surface area contributed by atoms with Crippen LogP contribution < -0.4 is 5.32 Å². The van der Waals surface area contributed by atoms with Crippen molar-refractivity contribution in [3.63, 3.8) is 0 Å². The molecule has 0 atom stereocenters. The van der Waals surface area contributed by atoms with Gasteiger partial charge in [-0.2, -0.15) is 0 Å². The summed E-state index contributed by atoms with van der Waals surface area (Å²) >= 11 is 3.34. The Morgan fingerprint density at radius 1 is 1.44 bits per heavy atom. The van der Waals surface area contributed by atoms with Gasteiger partial charge >= 0.3 is 0 Å². The van der Waals surface area contributed by atoms with E-state index in [2.05, 4.69) is 21.2 Å². The van der Waals surface area contributed by atoms with Gasteiger partial charge in [-0.15, -0.1) is 0 Å². The molecule has 0 bridgehead atoms. The molecule has 0 aliphatic carbocycles. The van der Waals surface area contributed by atoms with Crippen LogP contribution >= 0.6 is 15.9 Å². The van der Waals surface area contributed by atoms with Crippen LogP contribution in [0, 0.1) is 0 Å². The lowest BCUT2D eigenvalue weighted by Gasteiger charge is -2.41. The molecule has 1 aliphatic heterocycles. The van der Waals surface area contributed by atoms with Gasteiger partial charge < -0.3 is 10.2 Å². The van der Waals surface area contributed by atoms with Gasteiger partial charge in [0.05, 0.1) is 0 Å². The zero-order chi connectivity index (χ0) is 13.3. The van der Waals surface area contributed by atoms with Crippen molar-refractivity contribution in [3.05, 3.63) is 34.3 Å². The van der Waals surface area contributed by atoms with Crippen molar-refractivity contribution >= 4 is 27.7 Å². The number of amides is 2. The number of nitrogens with zero attached hydrogens (tertiary/aromatic N) is 1. The predicted molar refractivity (Wildman–Crippen MR) is 72.3 cm³/mol. The standard InChI is InChI=1S/C13H15BrN2O2/c1-13(2)12(18)15-6-7-16(13)11(17)9-4-3-5-10(14)8-9/h3-5,8H,6-7H2,1-2H3,(H,15,18). The second kappa shape index (κ2) is 4.72. The molecule has 1 saturated heterocycles. The number of carbonyl (C=O) groups excluding carboxylic acids is 2. The first kappa shape index (κ1) is 13.1. The van der Waals surface area contributed by atoms with E-state index >= 15 is 0 Å². The van der Waals surface area contributed by atoms with E-state index in [1.165, 1.54) is 0 Å². The summed E-state index contributed by atoms with van der Waals surface area (Å²) in [7, 11) is 0. The lowest BCUT2D eigenvalue weighted by Crippen LogP contribution is -2.63. The molecule has 2 amide bonds. The van der Waals surface area contributed by atoms with Crippen LogP contribution in [0.25, 0.3) is 0 Å². The molecule has 4 nitrogen and oxygen atoms in total. The number of carbonyl (C=O) groups is 2. The second-order valence-corrected chi connectivity index (χ2v) is 5.70. The Morgan fingerprint density at radius 3 is 2.83 bits per heavy atom.